The molecule has 1 N–H and O–H groups in total. The van der Waals surface area contributed by atoms with Crippen LogP contribution in [0.1, 0.15) is 84.0 Å². The minimum absolute atomic E-state index is 0.326. The largest absolute Gasteiger partial charge is 0.481 e. The van der Waals surface area contributed by atoms with E-state index < -0.39 is 5.97 Å². The molecule has 0 aromatic rings. The summed E-state index contributed by atoms with van der Waals surface area (Å²) < 4.78 is 5.49. The van der Waals surface area contributed by atoms with Gasteiger partial charge >= 0.3 is 5.97 Å². The number of carboxylic acid groups (broad SMARTS) is 1. The summed E-state index contributed by atoms with van der Waals surface area (Å²) in [6, 6.07) is 0. The first-order valence-electron chi connectivity index (χ1n) is 9.41. The summed E-state index contributed by atoms with van der Waals surface area (Å²) in [6.07, 6.45) is 22.9. The van der Waals surface area contributed by atoms with Gasteiger partial charge in [0.2, 0.25) is 0 Å². The van der Waals surface area contributed by atoms with Crippen LogP contribution >= 0.6 is 0 Å². The van der Waals surface area contributed by atoms with E-state index in [0.717, 1.165) is 32.1 Å². The summed E-state index contributed by atoms with van der Waals surface area (Å²) in [5.41, 5.74) is 0. The van der Waals surface area contributed by atoms with E-state index in [2.05, 4.69) is 31.2 Å². The zero-order valence-electron chi connectivity index (χ0n) is 14.7. The highest BCUT2D eigenvalue weighted by Gasteiger charge is 2.35. The molecule has 3 heteroatoms. The highest BCUT2D eigenvalue weighted by molar-refractivity contribution is 5.66. The molecule has 0 amide bonds. The summed E-state index contributed by atoms with van der Waals surface area (Å²) in [5.74, 6) is -0.669. The van der Waals surface area contributed by atoms with Crippen molar-refractivity contribution in [3.63, 3.8) is 0 Å². The average Bonchev–Trinajstić information content (AvgIpc) is 3.29. The number of epoxide rings is 1. The molecule has 0 saturated carbocycles. The van der Waals surface area contributed by atoms with Gasteiger partial charge in [-0.05, 0) is 38.5 Å². The second-order valence-electron chi connectivity index (χ2n) is 6.44. The Kier molecular flexibility index (Phi) is 11.6. The first-order valence-corrected chi connectivity index (χ1v) is 9.41. The minimum Gasteiger partial charge on any atom is -0.481 e. The van der Waals surface area contributed by atoms with Crippen LogP contribution < -0.4 is 0 Å². The van der Waals surface area contributed by atoms with Gasteiger partial charge in [-0.2, -0.15) is 0 Å². The van der Waals surface area contributed by atoms with Gasteiger partial charge in [0.25, 0.3) is 0 Å². The SMILES string of the molecule is CC[C@H]1O[C@H]1C/C=C\C/C=C\CCCCCCCCCC(=O)O. The molecule has 3 nitrogen and oxygen atoms in total. The molecule has 0 radical (unpaired) electrons. The van der Waals surface area contributed by atoms with Gasteiger partial charge in [-0.3, -0.25) is 4.79 Å². The molecule has 1 aliphatic heterocycles. The molecular formula is C20H34O3. The predicted octanol–water partition coefficient (Wildman–Crippen LogP) is 5.65. The number of carbonyl (C=O) groups is 1. The lowest BCUT2D eigenvalue weighted by Gasteiger charge is -2.00. The van der Waals surface area contributed by atoms with Gasteiger partial charge in [0.15, 0.2) is 0 Å². The Labute approximate surface area is 141 Å². The summed E-state index contributed by atoms with van der Waals surface area (Å²) in [4.78, 5) is 10.4. The van der Waals surface area contributed by atoms with Crippen LogP contribution in [0.15, 0.2) is 24.3 Å². The van der Waals surface area contributed by atoms with Crippen molar-refractivity contribution < 1.29 is 14.6 Å². The van der Waals surface area contributed by atoms with Crippen molar-refractivity contribution in [2.24, 2.45) is 0 Å². The zero-order chi connectivity index (χ0) is 16.8. The van der Waals surface area contributed by atoms with Crippen LogP contribution in [0.5, 0.6) is 0 Å². The van der Waals surface area contributed by atoms with Crippen LogP contribution in [-0.2, 0) is 9.53 Å². The fraction of sp³-hybridized carbons (Fsp3) is 0.750. The summed E-state index contributed by atoms with van der Waals surface area (Å²) in [6.45, 7) is 2.18. The normalized spacial score (nSPS) is 20.6. The standard InChI is InChI=1S/C20H34O3/c1-2-18-19(23-18)16-14-12-10-8-6-4-3-5-7-9-11-13-15-17-20(21)22/h6,8,12,14,18-19H,2-5,7,9-11,13,15-17H2,1H3,(H,21,22)/b8-6-,14-12-/t18-,19+/m1/s1. The Morgan fingerprint density at radius 2 is 1.57 bits per heavy atom. The predicted molar refractivity (Wildman–Crippen MR) is 95.7 cm³/mol. The van der Waals surface area contributed by atoms with Gasteiger partial charge < -0.3 is 9.84 Å². The molecule has 0 aromatic heterocycles. The Hall–Kier alpha value is -1.09. The van der Waals surface area contributed by atoms with Gasteiger partial charge in [0, 0.05) is 6.42 Å². The molecule has 23 heavy (non-hydrogen) atoms. The van der Waals surface area contributed by atoms with Gasteiger partial charge in [-0.1, -0.05) is 63.3 Å². The second kappa shape index (κ2) is 13.4. The maximum absolute atomic E-state index is 10.4. The number of hydrogen-bond donors (Lipinski definition) is 1. The molecule has 0 aliphatic carbocycles. The number of allylic oxidation sites excluding steroid dienone is 3. The molecule has 2 atom stereocenters. The van der Waals surface area contributed by atoms with E-state index in [1.807, 2.05) is 0 Å². The molecule has 0 spiro atoms. The first kappa shape index (κ1) is 20.0. The molecule has 1 aliphatic rings. The molecule has 0 bridgehead atoms. The van der Waals surface area contributed by atoms with Gasteiger partial charge in [0.1, 0.15) is 0 Å². The zero-order valence-corrected chi connectivity index (χ0v) is 14.7. The maximum Gasteiger partial charge on any atom is 0.303 e. The van der Waals surface area contributed by atoms with E-state index in [-0.39, 0.29) is 0 Å². The Bertz CT molecular complexity index is 360. The van der Waals surface area contributed by atoms with Crippen LogP contribution in [-0.4, -0.2) is 23.3 Å². The van der Waals surface area contributed by atoms with Crippen molar-refractivity contribution in [2.75, 3.05) is 0 Å². The van der Waals surface area contributed by atoms with Crippen molar-refractivity contribution >= 4 is 5.97 Å². The third-order valence-electron chi connectivity index (χ3n) is 4.33. The quantitative estimate of drug-likeness (QED) is 0.241. The Morgan fingerprint density at radius 1 is 0.913 bits per heavy atom. The van der Waals surface area contributed by atoms with Crippen LogP contribution in [0.4, 0.5) is 0 Å². The number of unbranched alkanes of at least 4 members (excludes halogenated alkanes) is 7. The summed E-state index contributed by atoms with van der Waals surface area (Å²) in [7, 11) is 0. The summed E-state index contributed by atoms with van der Waals surface area (Å²) >= 11 is 0. The number of aliphatic carboxylic acids is 1. The van der Waals surface area contributed by atoms with Crippen LogP contribution in [0.25, 0.3) is 0 Å². The molecule has 1 rings (SSSR count). The fourth-order valence-corrected chi connectivity index (χ4v) is 2.79. The molecule has 0 aromatic carbocycles. The Balaban J connectivity index is 1.77. The van der Waals surface area contributed by atoms with Crippen LogP contribution in [0.3, 0.4) is 0 Å². The minimum atomic E-state index is -0.669. The van der Waals surface area contributed by atoms with Crippen LogP contribution in [0.2, 0.25) is 0 Å². The number of hydrogen-bond acceptors (Lipinski definition) is 2. The number of ether oxygens (including phenoxy) is 1. The molecule has 1 saturated heterocycles. The number of rotatable bonds is 15. The molecule has 132 valence electrons. The topological polar surface area (TPSA) is 49.8 Å². The monoisotopic (exact) mass is 322 g/mol. The lowest BCUT2D eigenvalue weighted by molar-refractivity contribution is -0.137. The van der Waals surface area contributed by atoms with E-state index in [0.29, 0.717) is 18.6 Å². The third-order valence-corrected chi connectivity index (χ3v) is 4.33. The van der Waals surface area contributed by atoms with Gasteiger partial charge in [0.05, 0.1) is 12.2 Å². The molecule has 1 fully saturated rings. The molecular weight excluding hydrogens is 288 g/mol. The second-order valence-corrected chi connectivity index (χ2v) is 6.44. The van der Waals surface area contributed by atoms with Crippen LogP contribution in [0, 0.1) is 0 Å². The van der Waals surface area contributed by atoms with E-state index >= 15 is 0 Å². The maximum atomic E-state index is 10.4. The van der Waals surface area contributed by atoms with E-state index in [9.17, 15) is 4.79 Å². The molecule has 0 unspecified atom stereocenters. The lowest BCUT2D eigenvalue weighted by Crippen LogP contribution is -1.93. The van der Waals surface area contributed by atoms with Crippen molar-refractivity contribution in [1.29, 1.82) is 0 Å². The third kappa shape index (κ3) is 12.1. The highest BCUT2D eigenvalue weighted by atomic mass is 16.6. The summed E-state index contributed by atoms with van der Waals surface area (Å²) in [5, 5.41) is 8.54. The fourth-order valence-electron chi connectivity index (χ4n) is 2.79. The van der Waals surface area contributed by atoms with Crippen molar-refractivity contribution in [3.8, 4) is 0 Å². The van der Waals surface area contributed by atoms with E-state index in [4.69, 9.17) is 9.84 Å². The van der Waals surface area contributed by atoms with Gasteiger partial charge in [-0.25, -0.2) is 0 Å². The first-order chi connectivity index (χ1) is 11.2. The van der Waals surface area contributed by atoms with E-state index in [1.54, 1.807) is 0 Å². The van der Waals surface area contributed by atoms with Crippen molar-refractivity contribution in [1.82, 2.24) is 0 Å². The number of carboxylic acids is 1. The highest BCUT2D eigenvalue weighted by Crippen LogP contribution is 2.28. The lowest BCUT2D eigenvalue weighted by atomic mass is 10.1. The Morgan fingerprint density at radius 3 is 2.22 bits per heavy atom. The van der Waals surface area contributed by atoms with Crippen molar-refractivity contribution in [3.05, 3.63) is 24.3 Å². The van der Waals surface area contributed by atoms with Crippen molar-refractivity contribution in [2.45, 2.75) is 96.2 Å². The molecule has 1 heterocycles. The van der Waals surface area contributed by atoms with E-state index in [1.165, 1.54) is 38.5 Å². The smallest absolute Gasteiger partial charge is 0.303 e. The van der Waals surface area contributed by atoms with Gasteiger partial charge in [-0.15, -0.1) is 0 Å². The average molecular weight is 322 g/mol.